The number of benzene rings is 1. The quantitative estimate of drug-likeness (QED) is 0.810. The minimum absolute atomic E-state index is 0.0299. The van der Waals surface area contributed by atoms with Gasteiger partial charge in [0.05, 0.1) is 5.56 Å². The molecule has 0 unspecified atom stereocenters. The fourth-order valence-electron chi connectivity index (χ4n) is 2.48. The van der Waals surface area contributed by atoms with Gasteiger partial charge in [-0.05, 0) is 36.8 Å². The van der Waals surface area contributed by atoms with Crippen molar-refractivity contribution in [1.29, 1.82) is 0 Å². The van der Waals surface area contributed by atoms with Gasteiger partial charge in [-0.3, -0.25) is 4.79 Å². The third-order valence-electron chi connectivity index (χ3n) is 3.80. The van der Waals surface area contributed by atoms with Gasteiger partial charge in [0.15, 0.2) is 0 Å². The number of para-hydroxylation sites is 1. The van der Waals surface area contributed by atoms with Gasteiger partial charge in [0, 0.05) is 19.3 Å². The molecule has 1 aliphatic rings. The lowest BCUT2D eigenvalue weighted by Crippen LogP contribution is -2.30. The van der Waals surface area contributed by atoms with Crippen LogP contribution in [0.25, 0.3) is 0 Å². The van der Waals surface area contributed by atoms with E-state index in [1.165, 1.54) is 25.7 Å². The summed E-state index contributed by atoms with van der Waals surface area (Å²) in [6, 6.07) is 7.62. The molecule has 1 saturated carbocycles. The molecule has 0 bridgehead atoms. The Labute approximate surface area is 109 Å². The van der Waals surface area contributed by atoms with Crippen molar-refractivity contribution in [2.75, 3.05) is 18.9 Å². The maximum Gasteiger partial charge on any atom is 0.253 e. The van der Waals surface area contributed by atoms with Crippen LogP contribution in [0.1, 0.15) is 43.0 Å². The lowest BCUT2D eigenvalue weighted by atomic mass is 10.0. The Hall–Kier alpha value is -1.51. The molecule has 1 aromatic carbocycles. The van der Waals surface area contributed by atoms with Crippen LogP contribution in [0.5, 0.6) is 0 Å². The molecule has 0 heterocycles. The molecule has 98 valence electrons. The SMILES string of the molecule is CCCC1(CNC(=O)c2ccccc2NC)CC1. The molecule has 2 N–H and O–H groups in total. The zero-order valence-electron chi connectivity index (χ0n) is 11.3. The summed E-state index contributed by atoms with van der Waals surface area (Å²) in [5, 5.41) is 6.14. The molecule has 1 amide bonds. The standard InChI is InChI=1S/C15H22N2O/c1-3-8-15(9-10-15)11-17-14(18)12-6-4-5-7-13(12)16-2/h4-7,16H,3,8-11H2,1-2H3,(H,17,18). The van der Waals surface area contributed by atoms with E-state index in [1.54, 1.807) is 0 Å². The minimum atomic E-state index is 0.0299. The van der Waals surface area contributed by atoms with Crippen molar-refractivity contribution in [3.05, 3.63) is 29.8 Å². The molecule has 0 aromatic heterocycles. The van der Waals surface area contributed by atoms with E-state index in [4.69, 9.17) is 0 Å². The number of nitrogens with one attached hydrogen (secondary N) is 2. The summed E-state index contributed by atoms with van der Waals surface area (Å²) in [7, 11) is 1.84. The predicted octanol–water partition coefficient (Wildman–Crippen LogP) is 3.04. The summed E-state index contributed by atoms with van der Waals surface area (Å²) in [5.41, 5.74) is 2.02. The van der Waals surface area contributed by atoms with Crippen LogP contribution in [-0.2, 0) is 0 Å². The Bertz CT molecular complexity index is 424. The van der Waals surface area contributed by atoms with E-state index < -0.39 is 0 Å². The Kier molecular flexibility index (Phi) is 3.90. The summed E-state index contributed by atoms with van der Waals surface area (Å²) >= 11 is 0. The average molecular weight is 246 g/mol. The lowest BCUT2D eigenvalue weighted by molar-refractivity contribution is 0.0944. The molecule has 0 spiro atoms. The first kappa shape index (κ1) is 12.9. The average Bonchev–Trinajstić information content (AvgIpc) is 3.16. The van der Waals surface area contributed by atoms with Gasteiger partial charge in [-0.2, -0.15) is 0 Å². The zero-order valence-corrected chi connectivity index (χ0v) is 11.3. The molecule has 3 nitrogen and oxygen atoms in total. The molecular formula is C15H22N2O. The third kappa shape index (κ3) is 2.84. The van der Waals surface area contributed by atoms with Gasteiger partial charge in [0.25, 0.3) is 5.91 Å². The second-order valence-corrected chi connectivity index (χ2v) is 5.23. The number of hydrogen-bond acceptors (Lipinski definition) is 2. The van der Waals surface area contributed by atoms with Crippen molar-refractivity contribution in [2.45, 2.75) is 32.6 Å². The van der Waals surface area contributed by atoms with Gasteiger partial charge in [0.2, 0.25) is 0 Å². The van der Waals surface area contributed by atoms with E-state index in [9.17, 15) is 4.79 Å². The van der Waals surface area contributed by atoms with E-state index in [-0.39, 0.29) is 5.91 Å². The van der Waals surface area contributed by atoms with Crippen LogP contribution in [-0.4, -0.2) is 19.5 Å². The highest BCUT2D eigenvalue weighted by atomic mass is 16.1. The molecule has 2 rings (SSSR count). The summed E-state index contributed by atoms with van der Waals surface area (Å²) in [6.45, 7) is 3.02. The first-order valence-corrected chi connectivity index (χ1v) is 6.76. The predicted molar refractivity (Wildman–Crippen MR) is 74.9 cm³/mol. The lowest BCUT2D eigenvalue weighted by Gasteiger charge is -2.16. The van der Waals surface area contributed by atoms with Crippen molar-refractivity contribution in [2.24, 2.45) is 5.41 Å². The van der Waals surface area contributed by atoms with Crippen molar-refractivity contribution in [3.8, 4) is 0 Å². The van der Waals surface area contributed by atoms with Crippen LogP contribution >= 0.6 is 0 Å². The second-order valence-electron chi connectivity index (χ2n) is 5.23. The first-order chi connectivity index (χ1) is 8.71. The highest BCUT2D eigenvalue weighted by Gasteiger charge is 2.41. The molecule has 18 heavy (non-hydrogen) atoms. The molecule has 3 heteroatoms. The largest absolute Gasteiger partial charge is 0.387 e. The monoisotopic (exact) mass is 246 g/mol. The molecular weight excluding hydrogens is 224 g/mol. The van der Waals surface area contributed by atoms with Crippen LogP contribution < -0.4 is 10.6 Å². The van der Waals surface area contributed by atoms with Gasteiger partial charge >= 0.3 is 0 Å². The van der Waals surface area contributed by atoms with Crippen molar-refractivity contribution in [3.63, 3.8) is 0 Å². The number of hydrogen-bond donors (Lipinski definition) is 2. The molecule has 0 radical (unpaired) electrons. The molecule has 1 aliphatic carbocycles. The fraction of sp³-hybridized carbons (Fsp3) is 0.533. The van der Waals surface area contributed by atoms with E-state index in [2.05, 4.69) is 17.6 Å². The zero-order chi connectivity index (χ0) is 13.0. The number of rotatable bonds is 6. The van der Waals surface area contributed by atoms with E-state index >= 15 is 0 Å². The molecule has 0 saturated heterocycles. The summed E-state index contributed by atoms with van der Waals surface area (Å²) in [5.74, 6) is 0.0299. The van der Waals surface area contributed by atoms with Crippen molar-refractivity contribution < 1.29 is 4.79 Å². The summed E-state index contributed by atoms with van der Waals surface area (Å²) in [4.78, 5) is 12.2. The summed E-state index contributed by atoms with van der Waals surface area (Å²) < 4.78 is 0. The molecule has 1 fully saturated rings. The number of anilines is 1. The third-order valence-corrected chi connectivity index (χ3v) is 3.80. The summed E-state index contributed by atoms with van der Waals surface area (Å²) in [6.07, 6.45) is 4.94. The highest BCUT2D eigenvalue weighted by molar-refractivity contribution is 5.99. The smallest absolute Gasteiger partial charge is 0.253 e. The number of amides is 1. The van der Waals surface area contributed by atoms with Gasteiger partial charge in [-0.1, -0.05) is 25.5 Å². The maximum absolute atomic E-state index is 12.2. The van der Waals surface area contributed by atoms with Crippen molar-refractivity contribution >= 4 is 11.6 Å². The van der Waals surface area contributed by atoms with Gasteiger partial charge in [-0.25, -0.2) is 0 Å². The Morgan fingerprint density at radius 1 is 1.33 bits per heavy atom. The van der Waals surface area contributed by atoms with Gasteiger partial charge in [-0.15, -0.1) is 0 Å². The van der Waals surface area contributed by atoms with E-state index in [0.717, 1.165) is 17.8 Å². The highest BCUT2D eigenvalue weighted by Crippen LogP contribution is 2.48. The normalized spacial score (nSPS) is 16.1. The van der Waals surface area contributed by atoms with Crippen molar-refractivity contribution in [1.82, 2.24) is 5.32 Å². The Morgan fingerprint density at radius 3 is 2.67 bits per heavy atom. The molecule has 1 aromatic rings. The number of carbonyl (C=O) groups is 1. The second kappa shape index (κ2) is 5.42. The Morgan fingerprint density at radius 2 is 2.06 bits per heavy atom. The van der Waals surface area contributed by atoms with Crippen LogP contribution in [0.3, 0.4) is 0 Å². The van der Waals surface area contributed by atoms with Crippen LogP contribution in [0.2, 0.25) is 0 Å². The van der Waals surface area contributed by atoms with Crippen LogP contribution in [0.15, 0.2) is 24.3 Å². The topological polar surface area (TPSA) is 41.1 Å². The van der Waals surface area contributed by atoms with Gasteiger partial charge in [0.1, 0.15) is 0 Å². The minimum Gasteiger partial charge on any atom is -0.387 e. The van der Waals surface area contributed by atoms with E-state index in [1.807, 2.05) is 31.3 Å². The molecule has 0 atom stereocenters. The first-order valence-electron chi connectivity index (χ1n) is 6.76. The van der Waals surface area contributed by atoms with Crippen LogP contribution in [0, 0.1) is 5.41 Å². The Balaban J connectivity index is 1.96. The fourth-order valence-corrected chi connectivity index (χ4v) is 2.48. The van der Waals surface area contributed by atoms with Crippen LogP contribution in [0.4, 0.5) is 5.69 Å². The number of carbonyl (C=O) groups excluding carboxylic acids is 1. The van der Waals surface area contributed by atoms with Gasteiger partial charge < -0.3 is 10.6 Å². The molecule has 0 aliphatic heterocycles. The van der Waals surface area contributed by atoms with E-state index in [0.29, 0.717) is 5.41 Å². The maximum atomic E-state index is 12.2.